The lowest BCUT2D eigenvalue weighted by Crippen LogP contribution is -2.34. The average molecular weight is 528 g/mol. The molecule has 1 N–H and O–H groups in total. The van der Waals surface area contributed by atoms with Gasteiger partial charge >= 0.3 is 0 Å². The quantitative estimate of drug-likeness (QED) is 0.299. The summed E-state index contributed by atoms with van der Waals surface area (Å²) in [6.07, 6.45) is 4.17. The Labute approximate surface area is 230 Å². The van der Waals surface area contributed by atoms with Crippen LogP contribution in [0.15, 0.2) is 39.5 Å². The number of benzene rings is 2. The summed E-state index contributed by atoms with van der Waals surface area (Å²) < 4.78 is 8.68. The van der Waals surface area contributed by atoms with Crippen LogP contribution in [0.4, 0.5) is 0 Å². The third-order valence-corrected chi connectivity index (χ3v) is 9.16. The third-order valence-electron chi connectivity index (χ3n) is 9.16. The van der Waals surface area contributed by atoms with Crippen LogP contribution in [-0.4, -0.2) is 32.1 Å². The van der Waals surface area contributed by atoms with Crippen LogP contribution in [0.1, 0.15) is 83.6 Å². The van der Waals surface area contributed by atoms with Crippen molar-refractivity contribution in [3.63, 3.8) is 0 Å². The summed E-state index contributed by atoms with van der Waals surface area (Å²) in [5, 5.41) is 12.0. The number of hydrogen-bond acceptors (Lipinski definition) is 5. The topological polar surface area (TPSA) is 71.5 Å². The van der Waals surface area contributed by atoms with Gasteiger partial charge in [-0.15, -0.1) is 0 Å². The molecule has 2 aromatic heterocycles. The Morgan fingerprint density at radius 3 is 2.62 bits per heavy atom. The normalized spacial score (nSPS) is 22.9. The molecule has 1 aliphatic carbocycles. The Balaban J connectivity index is 1.56. The first-order chi connectivity index (χ1) is 18.4. The largest absolute Gasteiger partial charge is 0.507 e. The summed E-state index contributed by atoms with van der Waals surface area (Å²) in [6, 6.07) is 10.2. The van der Waals surface area contributed by atoms with Crippen LogP contribution in [0, 0.1) is 10.8 Å². The molecule has 0 unspecified atom stereocenters. The molecule has 3 heterocycles. The number of imidazole rings is 1. The lowest BCUT2D eigenvalue weighted by molar-refractivity contribution is 0.126. The van der Waals surface area contributed by atoms with Gasteiger partial charge in [-0.3, -0.25) is 9.69 Å². The molecule has 39 heavy (non-hydrogen) atoms. The first-order valence-corrected chi connectivity index (χ1v) is 14.4. The van der Waals surface area contributed by atoms with Gasteiger partial charge in [-0.1, -0.05) is 53.7 Å². The third kappa shape index (κ3) is 4.19. The molecule has 1 aliphatic heterocycles. The zero-order chi connectivity index (χ0) is 27.9. The van der Waals surface area contributed by atoms with E-state index in [1.807, 2.05) is 62.7 Å². The van der Waals surface area contributed by atoms with Gasteiger partial charge in [0.25, 0.3) is 0 Å². The van der Waals surface area contributed by atoms with Crippen LogP contribution >= 0.6 is 0 Å². The van der Waals surface area contributed by atoms with E-state index >= 15 is 0 Å². The van der Waals surface area contributed by atoms with E-state index < -0.39 is 0 Å². The molecule has 2 aromatic carbocycles. The van der Waals surface area contributed by atoms with Crippen molar-refractivity contribution < 1.29 is 9.52 Å². The SMILES string of the molecule is CCc1cc2c(=O)c(-c3nc4ccccc4n3C)c(C(C)C)oc2c(CN2C[C@@]3(C)C[C@@H]2CC(C)(C)C3)c1O. The van der Waals surface area contributed by atoms with E-state index in [-0.39, 0.29) is 22.5 Å². The summed E-state index contributed by atoms with van der Waals surface area (Å²) in [4.78, 5) is 21.7. The van der Waals surface area contributed by atoms with Crippen molar-refractivity contribution in [3.05, 3.63) is 57.4 Å². The van der Waals surface area contributed by atoms with Crippen molar-refractivity contribution in [2.75, 3.05) is 6.54 Å². The van der Waals surface area contributed by atoms with E-state index in [9.17, 15) is 9.90 Å². The Morgan fingerprint density at radius 1 is 1.18 bits per heavy atom. The Bertz CT molecular complexity index is 1660. The molecule has 0 radical (unpaired) electrons. The van der Waals surface area contributed by atoms with Gasteiger partial charge in [-0.2, -0.15) is 0 Å². The maximum Gasteiger partial charge on any atom is 0.203 e. The molecule has 0 spiro atoms. The van der Waals surface area contributed by atoms with E-state index in [1.54, 1.807) is 0 Å². The van der Waals surface area contributed by atoms with Crippen molar-refractivity contribution in [2.45, 2.75) is 85.7 Å². The number of aryl methyl sites for hydroxylation is 2. The van der Waals surface area contributed by atoms with Crippen LogP contribution in [0.2, 0.25) is 0 Å². The Kier molecular flexibility index (Phi) is 6.00. The van der Waals surface area contributed by atoms with Gasteiger partial charge in [0.1, 0.15) is 28.5 Å². The molecule has 4 aromatic rings. The first-order valence-electron chi connectivity index (χ1n) is 14.4. The lowest BCUT2D eigenvalue weighted by atomic mass is 9.65. The molecule has 6 nitrogen and oxygen atoms in total. The Morgan fingerprint density at radius 2 is 1.92 bits per heavy atom. The monoisotopic (exact) mass is 527 g/mol. The number of likely N-dealkylation sites (tertiary alicyclic amines) is 1. The highest BCUT2D eigenvalue weighted by atomic mass is 16.3. The first kappa shape index (κ1) is 26.1. The van der Waals surface area contributed by atoms with Crippen molar-refractivity contribution in [1.82, 2.24) is 14.5 Å². The molecule has 2 atom stereocenters. The molecular formula is C33H41N3O3. The number of nitrogens with zero attached hydrogens (tertiary/aromatic N) is 3. The number of rotatable bonds is 5. The number of aromatic nitrogens is 2. The minimum absolute atomic E-state index is 0.0385. The van der Waals surface area contributed by atoms with Gasteiger partial charge in [0.05, 0.1) is 22.0 Å². The molecule has 206 valence electrons. The maximum atomic E-state index is 14.4. The fourth-order valence-corrected chi connectivity index (χ4v) is 7.83. The van der Waals surface area contributed by atoms with E-state index in [1.165, 1.54) is 12.8 Å². The van der Waals surface area contributed by atoms with Crippen LogP contribution in [0.5, 0.6) is 5.75 Å². The van der Waals surface area contributed by atoms with E-state index in [2.05, 4.69) is 25.7 Å². The van der Waals surface area contributed by atoms with Crippen molar-refractivity contribution in [1.29, 1.82) is 0 Å². The van der Waals surface area contributed by atoms with Crippen molar-refractivity contribution >= 4 is 22.0 Å². The maximum absolute atomic E-state index is 14.4. The standard InChI is InChI=1S/C33H41N3O3/c1-8-20-13-22-28(38)26(31-34-24-11-9-10-12-25(24)35(31)7)29(19(2)3)39-30(22)23(27(20)37)16-36-18-33(6)15-21(36)14-32(4,5)17-33/h9-13,19,21,37H,8,14-18H2,1-7H3/t21-,33-/m0/s1. The van der Waals surface area contributed by atoms with Gasteiger partial charge in [-0.05, 0) is 60.3 Å². The second-order valence-electron chi connectivity index (χ2n) is 13.5. The summed E-state index contributed by atoms with van der Waals surface area (Å²) in [5.41, 5.74) is 4.88. The summed E-state index contributed by atoms with van der Waals surface area (Å²) in [7, 11) is 1.95. The second-order valence-corrected chi connectivity index (χ2v) is 13.5. The lowest BCUT2D eigenvalue weighted by Gasteiger charge is -2.40. The van der Waals surface area contributed by atoms with E-state index in [0.717, 1.165) is 35.1 Å². The molecule has 6 rings (SSSR count). The number of aromatic hydroxyl groups is 1. The molecule has 1 saturated heterocycles. The van der Waals surface area contributed by atoms with Crippen LogP contribution < -0.4 is 5.43 Å². The van der Waals surface area contributed by atoms with Crippen LogP contribution in [0.25, 0.3) is 33.4 Å². The minimum Gasteiger partial charge on any atom is -0.507 e. The molecule has 0 amide bonds. The van der Waals surface area contributed by atoms with Crippen LogP contribution in [0.3, 0.4) is 0 Å². The summed E-state index contributed by atoms with van der Waals surface area (Å²) in [5.74, 6) is 1.46. The highest BCUT2D eigenvalue weighted by Gasteiger charge is 2.49. The van der Waals surface area contributed by atoms with E-state index in [4.69, 9.17) is 9.40 Å². The van der Waals surface area contributed by atoms with Gasteiger partial charge in [0, 0.05) is 32.1 Å². The van der Waals surface area contributed by atoms with Gasteiger partial charge < -0.3 is 14.1 Å². The molecule has 1 saturated carbocycles. The number of phenols is 1. The van der Waals surface area contributed by atoms with Gasteiger partial charge in [-0.25, -0.2) is 4.98 Å². The van der Waals surface area contributed by atoms with Crippen molar-refractivity contribution in [2.24, 2.45) is 17.9 Å². The fourth-order valence-electron chi connectivity index (χ4n) is 7.83. The fraction of sp³-hybridized carbons (Fsp3) is 0.515. The van der Waals surface area contributed by atoms with Gasteiger partial charge in [0.15, 0.2) is 0 Å². The summed E-state index contributed by atoms with van der Waals surface area (Å²) >= 11 is 0. The minimum atomic E-state index is -0.0810. The molecular weight excluding hydrogens is 486 g/mol. The molecule has 6 heteroatoms. The summed E-state index contributed by atoms with van der Waals surface area (Å²) in [6.45, 7) is 14.8. The Hall–Kier alpha value is -3.12. The number of phenolic OH excluding ortho intramolecular Hbond substituents is 1. The average Bonchev–Trinajstić information content (AvgIpc) is 3.31. The number of fused-ring (bicyclic) bond motifs is 4. The molecule has 2 fully saturated rings. The smallest absolute Gasteiger partial charge is 0.203 e. The zero-order valence-electron chi connectivity index (χ0n) is 24.4. The highest BCUT2D eigenvalue weighted by Crippen LogP contribution is 2.53. The molecule has 2 aliphatic rings. The molecule has 2 bridgehead atoms. The van der Waals surface area contributed by atoms with Gasteiger partial charge in [0.2, 0.25) is 5.43 Å². The highest BCUT2D eigenvalue weighted by molar-refractivity contribution is 5.89. The predicted octanol–water partition coefficient (Wildman–Crippen LogP) is 7.14. The second kappa shape index (κ2) is 8.95. The predicted molar refractivity (Wildman–Crippen MR) is 157 cm³/mol. The van der Waals surface area contributed by atoms with E-state index in [0.29, 0.717) is 52.5 Å². The zero-order valence-corrected chi connectivity index (χ0v) is 24.4. The number of para-hydroxylation sites is 2. The van der Waals surface area contributed by atoms with Crippen LogP contribution in [-0.2, 0) is 20.0 Å². The number of hydrogen-bond donors (Lipinski definition) is 1. The van der Waals surface area contributed by atoms with Crippen molar-refractivity contribution in [3.8, 4) is 17.1 Å².